The zero-order chi connectivity index (χ0) is 13.1. The van der Waals surface area contributed by atoms with E-state index in [1.807, 2.05) is 11.8 Å². The SMILES string of the molecule is COCCCNc1c2c(nc3ccccc13)CSC2. The van der Waals surface area contributed by atoms with Crippen molar-refractivity contribution in [1.29, 1.82) is 0 Å². The van der Waals surface area contributed by atoms with E-state index in [-0.39, 0.29) is 0 Å². The number of thioether (sulfide) groups is 1. The fraction of sp³-hybridized carbons (Fsp3) is 0.400. The largest absolute Gasteiger partial charge is 0.385 e. The van der Waals surface area contributed by atoms with Crippen molar-refractivity contribution >= 4 is 28.4 Å². The fourth-order valence-corrected chi connectivity index (χ4v) is 3.51. The van der Waals surface area contributed by atoms with Gasteiger partial charge in [0, 0.05) is 48.4 Å². The molecule has 1 aliphatic heterocycles. The molecule has 0 aliphatic carbocycles. The number of rotatable bonds is 5. The van der Waals surface area contributed by atoms with Crippen LogP contribution in [-0.2, 0) is 16.2 Å². The zero-order valence-electron chi connectivity index (χ0n) is 11.1. The second-order valence-corrected chi connectivity index (χ2v) is 5.68. The summed E-state index contributed by atoms with van der Waals surface area (Å²) in [5, 5.41) is 4.83. The molecule has 100 valence electrons. The summed E-state index contributed by atoms with van der Waals surface area (Å²) in [6, 6.07) is 8.39. The minimum absolute atomic E-state index is 0.799. The van der Waals surface area contributed by atoms with Crippen LogP contribution >= 0.6 is 11.8 Å². The quantitative estimate of drug-likeness (QED) is 0.847. The van der Waals surface area contributed by atoms with E-state index in [9.17, 15) is 0 Å². The normalized spacial score (nSPS) is 13.7. The van der Waals surface area contributed by atoms with Gasteiger partial charge in [0.1, 0.15) is 0 Å². The van der Waals surface area contributed by atoms with E-state index in [2.05, 4.69) is 29.6 Å². The number of fused-ring (bicyclic) bond motifs is 2. The number of hydrogen-bond acceptors (Lipinski definition) is 4. The number of benzene rings is 1. The molecule has 1 N–H and O–H groups in total. The predicted molar refractivity (Wildman–Crippen MR) is 81.7 cm³/mol. The molecule has 2 aromatic rings. The van der Waals surface area contributed by atoms with Gasteiger partial charge < -0.3 is 10.1 Å². The molecule has 0 radical (unpaired) electrons. The van der Waals surface area contributed by atoms with E-state index < -0.39 is 0 Å². The van der Waals surface area contributed by atoms with Crippen LogP contribution in [0.2, 0.25) is 0 Å². The van der Waals surface area contributed by atoms with Crippen LogP contribution in [0, 0.1) is 0 Å². The van der Waals surface area contributed by atoms with Crippen molar-refractivity contribution in [2.24, 2.45) is 0 Å². The minimum Gasteiger partial charge on any atom is -0.385 e. The first-order valence-corrected chi connectivity index (χ1v) is 7.76. The first-order chi connectivity index (χ1) is 9.40. The number of methoxy groups -OCH3 is 1. The number of hydrogen-bond donors (Lipinski definition) is 1. The second-order valence-electron chi connectivity index (χ2n) is 4.70. The predicted octanol–water partition coefficient (Wildman–Crippen LogP) is 3.43. The molecule has 3 nitrogen and oxygen atoms in total. The molecule has 0 spiro atoms. The molecule has 0 amide bonds. The average Bonchev–Trinajstić information content (AvgIpc) is 2.90. The first-order valence-electron chi connectivity index (χ1n) is 6.61. The third-order valence-electron chi connectivity index (χ3n) is 3.39. The first kappa shape index (κ1) is 12.8. The third kappa shape index (κ3) is 2.55. The summed E-state index contributed by atoms with van der Waals surface area (Å²) in [6.07, 6.45) is 1.02. The summed E-state index contributed by atoms with van der Waals surface area (Å²) in [4.78, 5) is 4.78. The van der Waals surface area contributed by atoms with Gasteiger partial charge in [0.2, 0.25) is 0 Å². The van der Waals surface area contributed by atoms with Gasteiger partial charge in [-0.3, -0.25) is 4.98 Å². The van der Waals surface area contributed by atoms with E-state index in [0.717, 1.165) is 36.6 Å². The summed E-state index contributed by atoms with van der Waals surface area (Å²) in [6.45, 7) is 1.74. The number of aromatic nitrogens is 1. The highest BCUT2D eigenvalue weighted by molar-refractivity contribution is 7.98. The molecular formula is C15H18N2OS. The molecule has 1 aromatic carbocycles. The van der Waals surface area contributed by atoms with Gasteiger partial charge in [0.25, 0.3) is 0 Å². The van der Waals surface area contributed by atoms with E-state index in [1.165, 1.54) is 22.3 Å². The molecule has 1 aromatic heterocycles. The molecule has 3 rings (SSSR count). The fourth-order valence-electron chi connectivity index (χ4n) is 2.46. The number of para-hydroxylation sites is 1. The number of pyridine rings is 1. The lowest BCUT2D eigenvalue weighted by atomic mass is 10.1. The Kier molecular flexibility index (Phi) is 3.89. The lowest BCUT2D eigenvalue weighted by molar-refractivity contribution is 0.198. The summed E-state index contributed by atoms with van der Waals surface area (Å²) in [5.74, 6) is 2.10. The van der Waals surface area contributed by atoms with Crippen LogP contribution in [0.25, 0.3) is 10.9 Å². The smallest absolute Gasteiger partial charge is 0.0726 e. The van der Waals surface area contributed by atoms with Gasteiger partial charge in [-0.25, -0.2) is 0 Å². The maximum Gasteiger partial charge on any atom is 0.0726 e. The Morgan fingerprint density at radius 2 is 2.21 bits per heavy atom. The Morgan fingerprint density at radius 1 is 1.32 bits per heavy atom. The average molecular weight is 274 g/mol. The van der Waals surface area contributed by atoms with Crippen molar-refractivity contribution in [3.63, 3.8) is 0 Å². The van der Waals surface area contributed by atoms with Gasteiger partial charge in [-0.1, -0.05) is 18.2 Å². The highest BCUT2D eigenvalue weighted by atomic mass is 32.2. The van der Waals surface area contributed by atoms with Crippen LogP contribution in [0.3, 0.4) is 0 Å². The van der Waals surface area contributed by atoms with Crippen molar-refractivity contribution in [2.45, 2.75) is 17.9 Å². The van der Waals surface area contributed by atoms with Crippen LogP contribution in [-0.4, -0.2) is 25.2 Å². The highest BCUT2D eigenvalue weighted by Gasteiger charge is 2.19. The van der Waals surface area contributed by atoms with Gasteiger partial charge in [-0.15, -0.1) is 0 Å². The zero-order valence-corrected chi connectivity index (χ0v) is 11.9. The van der Waals surface area contributed by atoms with Crippen molar-refractivity contribution in [1.82, 2.24) is 4.98 Å². The Morgan fingerprint density at radius 3 is 3.11 bits per heavy atom. The highest BCUT2D eigenvalue weighted by Crippen LogP contribution is 2.37. The van der Waals surface area contributed by atoms with Gasteiger partial charge in [0.05, 0.1) is 11.2 Å². The lowest BCUT2D eigenvalue weighted by Crippen LogP contribution is -2.08. The summed E-state index contributed by atoms with van der Waals surface area (Å²) < 4.78 is 5.10. The van der Waals surface area contributed by atoms with E-state index in [4.69, 9.17) is 9.72 Å². The van der Waals surface area contributed by atoms with Crippen LogP contribution in [0.5, 0.6) is 0 Å². The van der Waals surface area contributed by atoms with E-state index in [1.54, 1.807) is 7.11 Å². The van der Waals surface area contributed by atoms with E-state index >= 15 is 0 Å². The molecule has 0 bridgehead atoms. The molecular weight excluding hydrogens is 256 g/mol. The summed E-state index contributed by atoms with van der Waals surface area (Å²) >= 11 is 1.94. The van der Waals surface area contributed by atoms with Gasteiger partial charge in [-0.05, 0) is 12.5 Å². The van der Waals surface area contributed by atoms with Crippen molar-refractivity contribution in [3.05, 3.63) is 35.5 Å². The molecule has 0 unspecified atom stereocenters. The second kappa shape index (κ2) is 5.80. The third-order valence-corrected chi connectivity index (χ3v) is 4.36. The van der Waals surface area contributed by atoms with Gasteiger partial charge in [-0.2, -0.15) is 11.8 Å². The molecule has 4 heteroatoms. The molecule has 0 atom stereocenters. The Labute approximate surface area is 117 Å². The van der Waals surface area contributed by atoms with Crippen LogP contribution in [0.1, 0.15) is 17.7 Å². The number of nitrogens with zero attached hydrogens (tertiary/aromatic N) is 1. The Hall–Kier alpha value is -1.26. The summed E-state index contributed by atoms with van der Waals surface area (Å²) in [5.41, 5.74) is 5.01. The maximum absolute atomic E-state index is 5.10. The van der Waals surface area contributed by atoms with Crippen molar-refractivity contribution < 1.29 is 4.74 Å². The number of ether oxygens (including phenoxy) is 1. The topological polar surface area (TPSA) is 34.1 Å². The Bertz CT molecular complexity index is 586. The standard InChI is InChI=1S/C15H18N2OS/c1-18-8-4-7-16-15-11-5-2-3-6-13(11)17-14-10-19-9-12(14)15/h2-3,5-6H,4,7-10H2,1H3,(H,16,17). The number of anilines is 1. The summed E-state index contributed by atoms with van der Waals surface area (Å²) in [7, 11) is 1.75. The molecule has 0 fully saturated rings. The van der Waals surface area contributed by atoms with Gasteiger partial charge >= 0.3 is 0 Å². The molecule has 0 saturated carbocycles. The molecule has 0 saturated heterocycles. The molecule has 19 heavy (non-hydrogen) atoms. The minimum atomic E-state index is 0.799. The van der Waals surface area contributed by atoms with E-state index in [0.29, 0.717) is 0 Å². The number of nitrogens with one attached hydrogen (secondary N) is 1. The van der Waals surface area contributed by atoms with Gasteiger partial charge in [0.15, 0.2) is 0 Å². The molecule has 1 aliphatic rings. The van der Waals surface area contributed by atoms with Crippen LogP contribution in [0.15, 0.2) is 24.3 Å². The van der Waals surface area contributed by atoms with Crippen molar-refractivity contribution in [2.75, 3.05) is 25.6 Å². The maximum atomic E-state index is 5.10. The molecule has 2 heterocycles. The van der Waals surface area contributed by atoms with Crippen LogP contribution in [0.4, 0.5) is 5.69 Å². The Balaban J connectivity index is 1.95. The lowest BCUT2D eigenvalue weighted by Gasteiger charge is -2.14. The van der Waals surface area contributed by atoms with Crippen LogP contribution < -0.4 is 5.32 Å². The van der Waals surface area contributed by atoms with Crippen molar-refractivity contribution in [3.8, 4) is 0 Å². The monoisotopic (exact) mass is 274 g/mol.